The van der Waals surface area contributed by atoms with Crippen LogP contribution in [0.25, 0.3) is 0 Å². The van der Waals surface area contributed by atoms with Gasteiger partial charge in [0.1, 0.15) is 0 Å². The van der Waals surface area contributed by atoms with Gasteiger partial charge in [-0.15, -0.1) is 0 Å². The maximum Gasteiger partial charge on any atom is 0.306 e. The zero-order valence-electron chi connectivity index (χ0n) is 9.66. The van der Waals surface area contributed by atoms with Gasteiger partial charge in [0.25, 0.3) is 10.2 Å². The lowest BCUT2D eigenvalue weighted by Crippen LogP contribution is -2.47. The van der Waals surface area contributed by atoms with E-state index in [1.807, 2.05) is 0 Å². The molecule has 1 rings (SSSR count). The predicted octanol–water partition coefficient (Wildman–Crippen LogP) is -1.00. The van der Waals surface area contributed by atoms with Gasteiger partial charge in [-0.25, -0.2) is 0 Å². The van der Waals surface area contributed by atoms with Gasteiger partial charge in [-0.05, 0) is 19.8 Å². The highest BCUT2D eigenvalue weighted by molar-refractivity contribution is 7.87. The first-order chi connectivity index (χ1) is 7.83. The minimum absolute atomic E-state index is 0.0405. The van der Waals surface area contributed by atoms with Crippen LogP contribution in [0, 0.1) is 5.92 Å². The number of aliphatic hydroxyl groups excluding tert-OH is 1. The van der Waals surface area contributed by atoms with Gasteiger partial charge in [0.05, 0.1) is 12.0 Å². The molecule has 0 radical (unpaired) electrons. The molecule has 17 heavy (non-hydrogen) atoms. The van der Waals surface area contributed by atoms with Gasteiger partial charge in [-0.3, -0.25) is 4.79 Å². The Hall–Kier alpha value is -0.700. The third-order valence-electron chi connectivity index (χ3n) is 2.70. The van der Waals surface area contributed by atoms with E-state index in [2.05, 4.69) is 4.72 Å². The zero-order chi connectivity index (χ0) is 13.1. The van der Waals surface area contributed by atoms with Crippen molar-refractivity contribution in [3.05, 3.63) is 0 Å². The van der Waals surface area contributed by atoms with Gasteiger partial charge in [0.15, 0.2) is 0 Å². The van der Waals surface area contributed by atoms with Crippen molar-refractivity contribution < 1.29 is 23.4 Å². The van der Waals surface area contributed by atoms with Gasteiger partial charge < -0.3 is 10.2 Å². The van der Waals surface area contributed by atoms with E-state index in [1.54, 1.807) is 0 Å². The minimum Gasteiger partial charge on any atom is -0.481 e. The van der Waals surface area contributed by atoms with Crippen LogP contribution in [0.5, 0.6) is 0 Å². The van der Waals surface area contributed by atoms with Crippen LogP contribution < -0.4 is 4.72 Å². The van der Waals surface area contributed by atoms with Crippen LogP contribution in [0.15, 0.2) is 0 Å². The van der Waals surface area contributed by atoms with Crippen molar-refractivity contribution in [2.45, 2.75) is 25.9 Å². The highest BCUT2D eigenvalue weighted by Gasteiger charge is 2.30. The second kappa shape index (κ2) is 5.76. The third-order valence-corrected chi connectivity index (χ3v) is 4.28. The predicted molar refractivity (Wildman–Crippen MR) is 60.5 cm³/mol. The smallest absolute Gasteiger partial charge is 0.306 e. The number of carboxylic acids is 1. The maximum absolute atomic E-state index is 11.7. The number of carbonyl (C=O) groups is 1. The number of piperidine rings is 1. The molecule has 0 aromatic carbocycles. The lowest BCUT2D eigenvalue weighted by molar-refractivity contribution is -0.142. The fourth-order valence-electron chi connectivity index (χ4n) is 1.66. The van der Waals surface area contributed by atoms with Crippen molar-refractivity contribution in [2.24, 2.45) is 5.92 Å². The van der Waals surface area contributed by atoms with Gasteiger partial charge in [0.2, 0.25) is 0 Å². The summed E-state index contributed by atoms with van der Waals surface area (Å²) in [7, 11) is -3.60. The Bertz CT molecular complexity index is 360. The summed E-state index contributed by atoms with van der Waals surface area (Å²) >= 11 is 0. The van der Waals surface area contributed by atoms with Crippen LogP contribution in [0.4, 0.5) is 0 Å². The molecule has 0 spiro atoms. The molecule has 0 aliphatic carbocycles. The lowest BCUT2D eigenvalue weighted by atomic mass is 9.99. The molecule has 1 saturated heterocycles. The molecule has 8 heteroatoms. The molecule has 0 aromatic heterocycles. The van der Waals surface area contributed by atoms with Crippen molar-refractivity contribution in [3.8, 4) is 0 Å². The lowest BCUT2D eigenvalue weighted by Gasteiger charge is -2.29. The SMILES string of the molecule is C[C@@H](O)CNS(=O)(=O)N1CCC(C(=O)O)CC1. The Kier molecular flexibility index (Phi) is 4.87. The molecule has 1 aliphatic rings. The molecular formula is C9H18N2O5S. The monoisotopic (exact) mass is 266 g/mol. The fraction of sp³-hybridized carbons (Fsp3) is 0.889. The van der Waals surface area contributed by atoms with E-state index in [1.165, 1.54) is 11.2 Å². The fourth-order valence-corrected chi connectivity index (χ4v) is 2.99. The summed E-state index contributed by atoms with van der Waals surface area (Å²) in [6, 6.07) is 0. The van der Waals surface area contributed by atoms with E-state index in [-0.39, 0.29) is 19.6 Å². The summed E-state index contributed by atoms with van der Waals surface area (Å²) in [6.07, 6.45) is -0.100. The molecular weight excluding hydrogens is 248 g/mol. The van der Waals surface area contributed by atoms with E-state index >= 15 is 0 Å². The molecule has 0 aromatic rings. The molecule has 100 valence electrons. The molecule has 1 heterocycles. The largest absolute Gasteiger partial charge is 0.481 e. The summed E-state index contributed by atoms with van der Waals surface area (Å²) in [4.78, 5) is 10.7. The maximum atomic E-state index is 11.7. The first-order valence-corrected chi connectivity index (χ1v) is 6.92. The van der Waals surface area contributed by atoms with E-state index in [4.69, 9.17) is 10.2 Å². The van der Waals surface area contributed by atoms with E-state index < -0.39 is 28.2 Å². The second-order valence-corrected chi connectivity index (χ2v) is 5.97. The molecule has 1 fully saturated rings. The summed E-state index contributed by atoms with van der Waals surface area (Å²) in [5.74, 6) is -1.34. The minimum atomic E-state index is -3.60. The van der Waals surface area contributed by atoms with Gasteiger partial charge >= 0.3 is 5.97 Å². The van der Waals surface area contributed by atoms with Crippen molar-refractivity contribution in [2.75, 3.05) is 19.6 Å². The van der Waals surface area contributed by atoms with Gasteiger partial charge in [0, 0.05) is 19.6 Å². The highest BCUT2D eigenvalue weighted by atomic mass is 32.2. The molecule has 7 nitrogen and oxygen atoms in total. The average molecular weight is 266 g/mol. The Morgan fingerprint density at radius 1 is 1.47 bits per heavy atom. The van der Waals surface area contributed by atoms with Crippen molar-refractivity contribution in [1.29, 1.82) is 0 Å². The number of nitrogens with one attached hydrogen (secondary N) is 1. The van der Waals surface area contributed by atoms with Gasteiger partial charge in [-0.2, -0.15) is 17.4 Å². The number of aliphatic hydroxyl groups is 1. The number of hydrogen-bond acceptors (Lipinski definition) is 4. The van der Waals surface area contributed by atoms with Crippen LogP contribution >= 0.6 is 0 Å². The molecule has 0 saturated carbocycles. The number of nitrogens with zero attached hydrogens (tertiary/aromatic N) is 1. The van der Waals surface area contributed by atoms with E-state index in [0.29, 0.717) is 12.8 Å². The van der Waals surface area contributed by atoms with Crippen LogP contribution in [0.2, 0.25) is 0 Å². The molecule has 0 bridgehead atoms. The number of rotatable bonds is 5. The number of aliphatic carboxylic acids is 1. The Morgan fingerprint density at radius 3 is 2.41 bits per heavy atom. The molecule has 0 unspecified atom stereocenters. The quantitative estimate of drug-likeness (QED) is 0.591. The molecule has 1 atom stereocenters. The number of hydrogen-bond donors (Lipinski definition) is 3. The Labute approximate surface area is 101 Å². The van der Waals surface area contributed by atoms with Crippen LogP contribution in [0.3, 0.4) is 0 Å². The van der Waals surface area contributed by atoms with Crippen LogP contribution in [-0.2, 0) is 15.0 Å². The normalized spacial score (nSPS) is 21.3. The molecule has 3 N–H and O–H groups in total. The number of carboxylic acid groups (broad SMARTS) is 1. The summed E-state index contributed by atoms with van der Waals surface area (Å²) in [5.41, 5.74) is 0. The first kappa shape index (κ1) is 14.4. The Morgan fingerprint density at radius 2 is 2.00 bits per heavy atom. The second-order valence-electron chi connectivity index (χ2n) is 4.21. The summed E-state index contributed by atoms with van der Waals surface area (Å²) < 4.78 is 26.9. The van der Waals surface area contributed by atoms with E-state index in [9.17, 15) is 13.2 Å². The first-order valence-electron chi connectivity index (χ1n) is 5.48. The topological polar surface area (TPSA) is 107 Å². The summed E-state index contributed by atoms with van der Waals surface area (Å²) in [5, 5.41) is 17.8. The Balaban J connectivity index is 2.50. The van der Waals surface area contributed by atoms with Crippen molar-refractivity contribution in [1.82, 2.24) is 9.03 Å². The van der Waals surface area contributed by atoms with Gasteiger partial charge in [-0.1, -0.05) is 0 Å². The zero-order valence-corrected chi connectivity index (χ0v) is 10.5. The van der Waals surface area contributed by atoms with Crippen molar-refractivity contribution in [3.63, 3.8) is 0 Å². The molecule has 1 aliphatic heterocycles. The van der Waals surface area contributed by atoms with Crippen LogP contribution in [-0.4, -0.2) is 54.6 Å². The summed E-state index contributed by atoms with van der Waals surface area (Å²) in [6.45, 7) is 1.85. The standard InChI is InChI=1S/C9H18N2O5S/c1-7(12)6-10-17(15,16)11-4-2-8(3-5-11)9(13)14/h7-8,10,12H,2-6H2,1H3,(H,13,14)/t7-/m1/s1. The van der Waals surface area contributed by atoms with Crippen molar-refractivity contribution >= 4 is 16.2 Å². The third kappa shape index (κ3) is 4.23. The molecule has 0 amide bonds. The van der Waals surface area contributed by atoms with Crippen LogP contribution in [0.1, 0.15) is 19.8 Å². The van der Waals surface area contributed by atoms with E-state index in [0.717, 1.165) is 0 Å². The highest BCUT2D eigenvalue weighted by Crippen LogP contribution is 2.18. The average Bonchev–Trinajstić information content (AvgIpc) is 2.27.